The molecule has 2 rings (SSSR count). The van der Waals surface area contributed by atoms with Gasteiger partial charge in [-0.3, -0.25) is 0 Å². The van der Waals surface area contributed by atoms with Crippen molar-refractivity contribution < 1.29 is 4.39 Å². The Morgan fingerprint density at radius 1 is 1.08 bits per heavy atom. The molecule has 0 aromatic carbocycles. The van der Waals surface area contributed by atoms with Gasteiger partial charge in [-0.15, -0.1) is 0 Å². The number of nitrogens with one attached hydrogen (secondary N) is 1. The van der Waals surface area contributed by atoms with Gasteiger partial charge < -0.3 is 5.32 Å². The van der Waals surface area contributed by atoms with E-state index in [1.165, 1.54) is 25.8 Å². The molecule has 1 saturated heterocycles. The van der Waals surface area contributed by atoms with Crippen molar-refractivity contribution in [3.05, 3.63) is 0 Å². The molecule has 1 N–H and O–H groups in total. The van der Waals surface area contributed by atoms with Crippen molar-refractivity contribution in [3.8, 4) is 0 Å². The summed E-state index contributed by atoms with van der Waals surface area (Å²) >= 11 is 0. The van der Waals surface area contributed by atoms with E-state index in [1.54, 1.807) is 0 Å². The van der Waals surface area contributed by atoms with E-state index in [4.69, 9.17) is 0 Å². The molecule has 2 aliphatic rings. The summed E-state index contributed by atoms with van der Waals surface area (Å²) in [5.41, 5.74) is 0. The molecule has 2 heteroatoms. The summed E-state index contributed by atoms with van der Waals surface area (Å²) in [6, 6.07) is 0.751. The zero-order valence-electron chi connectivity index (χ0n) is 8.27. The molecule has 1 aliphatic heterocycles. The molecule has 1 saturated carbocycles. The lowest BCUT2D eigenvalue weighted by atomic mass is 9.84. The van der Waals surface area contributed by atoms with E-state index >= 15 is 0 Å². The molecule has 0 spiro atoms. The standard InChI is InChI=1S/C11H20FN/c12-10-5-3-9(4-6-10)8-11-2-1-7-13-11/h9-11,13H,1-8H2. The SMILES string of the molecule is FC1CCC(CC2CCCN2)CC1. The Hall–Kier alpha value is -0.110. The third kappa shape index (κ3) is 2.67. The van der Waals surface area contributed by atoms with Gasteiger partial charge in [0, 0.05) is 6.04 Å². The van der Waals surface area contributed by atoms with Gasteiger partial charge in [0.15, 0.2) is 0 Å². The van der Waals surface area contributed by atoms with Gasteiger partial charge in [0.1, 0.15) is 6.17 Å². The van der Waals surface area contributed by atoms with E-state index in [2.05, 4.69) is 5.32 Å². The predicted molar refractivity (Wildman–Crippen MR) is 52.5 cm³/mol. The number of hydrogen-bond acceptors (Lipinski definition) is 1. The van der Waals surface area contributed by atoms with Gasteiger partial charge in [-0.25, -0.2) is 4.39 Å². The molecule has 76 valence electrons. The van der Waals surface area contributed by atoms with Crippen molar-refractivity contribution in [3.63, 3.8) is 0 Å². The molecule has 1 nitrogen and oxygen atoms in total. The largest absolute Gasteiger partial charge is 0.314 e. The summed E-state index contributed by atoms with van der Waals surface area (Å²) in [7, 11) is 0. The van der Waals surface area contributed by atoms with Crippen LogP contribution >= 0.6 is 0 Å². The van der Waals surface area contributed by atoms with Crippen molar-refractivity contribution in [1.29, 1.82) is 0 Å². The van der Waals surface area contributed by atoms with Crippen LogP contribution in [0.3, 0.4) is 0 Å². The molecule has 0 aromatic heterocycles. The minimum atomic E-state index is -0.493. The van der Waals surface area contributed by atoms with E-state index < -0.39 is 6.17 Å². The Morgan fingerprint density at radius 3 is 2.46 bits per heavy atom. The molecule has 1 unspecified atom stereocenters. The molecule has 0 radical (unpaired) electrons. The molecular weight excluding hydrogens is 165 g/mol. The predicted octanol–water partition coefficient (Wildman–Crippen LogP) is 2.66. The van der Waals surface area contributed by atoms with E-state index in [-0.39, 0.29) is 0 Å². The van der Waals surface area contributed by atoms with Crippen molar-refractivity contribution in [1.82, 2.24) is 5.32 Å². The number of alkyl halides is 1. The average molecular weight is 185 g/mol. The summed E-state index contributed by atoms with van der Waals surface area (Å²) in [6.45, 7) is 1.20. The maximum absolute atomic E-state index is 12.9. The highest BCUT2D eigenvalue weighted by Gasteiger charge is 2.24. The Labute approximate surface area is 80.1 Å². The maximum atomic E-state index is 12.9. The van der Waals surface area contributed by atoms with Crippen LogP contribution in [0.5, 0.6) is 0 Å². The second kappa shape index (κ2) is 4.41. The van der Waals surface area contributed by atoms with Crippen molar-refractivity contribution >= 4 is 0 Å². The van der Waals surface area contributed by atoms with Gasteiger partial charge in [-0.1, -0.05) is 0 Å². The summed E-state index contributed by atoms with van der Waals surface area (Å²) in [4.78, 5) is 0. The van der Waals surface area contributed by atoms with Crippen LogP contribution in [0.1, 0.15) is 44.9 Å². The lowest BCUT2D eigenvalue weighted by molar-refractivity contribution is 0.194. The fourth-order valence-electron chi connectivity index (χ4n) is 2.72. The second-order valence-corrected chi connectivity index (χ2v) is 4.65. The van der Waals surface area contributed by atoms with E-state index in [9.17, 15) is 4.39 Å². The Morgan fingerprint density at radius 2 is 1.85 bits per heavy atom. The topological polar surface area (TPSA) is 12.0 Å². The van der Waals surface area contributed by atoms with Crippen LogP contribution < -0.4 is 5.32 Å². The first-order valence-corrected chi connectivity index (χ1v) is 5.72. The normalized spacial score (nSPS) is 40.8. The highest BCUT2D eigenvalue weighted by Crippen LogP contribution is 2.30. The zero-order valence-corrected chi connectivity index (χ0v) is 8.27. The van der Waals surface area contributed by atoms with Gasteiger partial charge in [-0.05, 0) is 57.4 Å². The molecule has 1 atom stereocenters. The highest BCUT2D eigenvalue weighted by molar-refractivity contribution is 4.80. The molecular formula is C11H20FN. The van der Waals surface area contributed by atoms with Crippen molar-refractivity contribution in [2.24, 2.45) is 5.92 Å². The van der Waals surface area contributed by atoms with Crippen LogP contribution in [0.2, 0.25) is 0 Å². The number of halogens is 1. The molecule has 0 amide bonds. The quantitative estimate of drug-likeness (QED) is 0.697. The van der Waals surface area contributed by atoms with Gasteiger partial charge in [-0.2, -0.15) is 0 Å². The van der Waals surface area contributed by atoms with Crippen LogP contribution in [0.25, 0.3) is 0 Å². The first kappa shape index (κ1) is 9.45. The highest BCUT2D eigenvalue weighted by atomic mass is 19.1. The van der Waals surface area contributed by atoms with Gasteiger partial charge in [0.2, 0.25) is 0 Å². The van der Waals surface area contributed by atoms with Crippen molar-refractivity contribution in [2.75, 3.05) is 6.54 Å². The first-order chi connectivity index (χ1) is 6.34. The van der Waals surface area contributed by atoms with Crippen LogP contribution in [0.15, 0.2) is 0 Å². The van der Waals surface area contributed by atoms with E-state index in [1.807, 2.05) is 0 Å². The van der Waals surface area contributed by atoms with Crippen LogP contribution in [-0.2, 0) is 0 Å². The summed E-state index contributed by atoms with van der Waals surface area (Å²) in [6.07, 6.45) is 7.37. The Balaban J connectivity index is 1.69. The van der Waals surface area contributed by atoms with Crippen molar-refractivity contribution in [2.45, 2.75) is 57.2 Å². The maximum Gasteiger partial charge on any atom is 0.100 e. The monoisotopic (exact) mass is 185 g/mol. The molecule has 1 heterocycles. The Kier molecular flexibility index (Phi) is 3.20. The molecule has 2 fully saturated rings. The van der Waals surface area contributed by atoms with Crippen LogP contribution in [-0.4, -0.2) is 18.8 Å². The Bertz CT molecular complexity index is 146. The summed E-state index contributed by atoms with van der Waals surface area (Å²) in [5.74, 6) is 0.808. The molecule has 13 heavy (non-hydrogen) atoms. The van der Waals surface area contributed by atoms with Crippen LogP contribution in [0, 0.1) is 5.92 Å². The van der Waals surface area contributed by atoms with Gasteiger partial charge >= 0.3 is 0 Å². The third-order valence-electron chi connectivity index (χ3n) is 3.56. The third-order valence-corrected chi connectivity index (χ3v) is 3.56. The smallest absolute Gasteiger partial charge is 0.100 e. The molecule has 0 bridgehead atoms. The second-order valence-electron chi connectivity index (χ2n) is 4.65. The number of rotatable bonds is 2. The minimum absolute atomic E-state index is 0.493. The molecule has 0 aromatic rings. The van der Waals surface area contributed by atoms with E-state index in [0.29, 0.717) is 0 Å². The fourth-order valence-corrected chi connectivity index (χ4v) is 2.72. The minimum Gasteiger partial charge on any atom is -0.314 e. The average Bonchev–Trinajstić information content (AvgIpc) is 2.62. The zero-order chi connectivity index (χ0) is 9.10. The summed E-state index contributed by atoms with van der Waals surface area (Å²) < 4.78 is 12.9. The lowest BCUT2D eigenvalue weighted by Crippen LogP contribution is -2.26. The van der Waals surface area contributed by atoms with Crippen LogP contribution in [0.4, 0.5) is 4.39 Å². The van der Waals surface area contributed by atoms with Gasteiger partial charge in [0.25, 0.3) is 0 Å². The van der Waals surface area contributed by atoms with E-state index in [0.717, 1.165) is 37.6 Å². The number of hydrogen-bond donors (Lipinski definition) is 1. The summed E-state index contributed by atoms with van der Waals surface area (Å²) in [5, 5.41) is 3.52. The first-order valence-electron chi connectivity index (χ1n) is 5.72. The van der Waals surface area contributed by atoms with Gasteiger partial charge in [0.05, 0.1) is 0 Å². The lowest BCUT2D eigenvalue weighted by Gasteiger charge is -2.26. The fraction of sp³-hybridized carbons (Fsp3) is 1.00. The molecule has 1 aliphatic carbocycles.